The van der Waals surface area contributed by atoms with Gasteiger partial charge in [0.15, 0.2) is 0 Å². The van der Waals surface area contributed by atoms with E-state index in [-0.39, 0.29) is 30.7 Å². The molecule has 0 aromatic carbocycles. The number of nitrogens with one attached hydrogen (secondary N) is 1. The number of piperidine rings is 2. The second-order valence-corrected chi connectivity index (χ2v) is 6.79. The summed E-state index contributed by atoms with van der Waals surface area (Å²) in [5.41, 5.74) is 0. The molecule has 2 atom stereocenters. The molecule has 0 aromatic heterocycles. The Hall–Kier alpha value is -0.0300. The van der Waals surface area contributed by atoms with Crippen molar-refractivity contribution in [2.75, 3.05) is 27.2 Å². The van der Waals surface area contributed by atoms with Crippen LogP contribution in [0.5, 0.6) is 0 Å². The summed E-state index contributed by atoms with van der Waals surface area (Å²) in [5.74, 6) is 0.674. The summed E-state index contributed by atoms with van der Waals surface area (Å²) < 4.78 is 0. The highest BCUT2D eigenvalue weighted by Crippen LogP contribution is 2.30. The Kier molecular flexibility index (Phi) is 7.25. The van der Waals surface area contributed by atoms with Crippen molar-refractivity contribution in [3.05, 3.63) is 0 Å². The smallest absolute Gasteiger partial charge is 0.225 e. The summed E-state index contributed by atoms with van der Waals surface area (Å²) >= 11 is 0. The van der Waals surface area contributed by atoms with Crippen LogP contribution in [0.4, 0.5) is 0 Å². The molecule has 21 heavy (non-hydrogen) atoms. The zero-order chi connectivity index (χ0) is 13.4. The first-order valence-electron chi connectivity index (χ1n) is 7.84. The highest BCUT2D eigenvalue weighted by atomic mass is 35.5. The average Bonchev–Trinajstić information content (AvgIpc) is 2.76. The van der Waals surface area contributed by atoms with Crippen LogP contribution in [0.3, 0.4) is 0 Å². The lowest BCUT2D eigenvalue weighted by Crippen LogP contribution is -2.51. The standard InChI is InChI=1S/C15H27N3O.2ClH/c1-17-7-5-11(6-8-17)15(19)18(2)14-9-12-3-4-13(10-14)16-12;;/h11-14,16H,3-10H2,1-2H3;2*1H. The third kappa shape index (κ3) is 4.25. The number of carbonyl (C=O) groups excluding carboxylic acids is 1. The quantitative estimate of drug-likeness (QED) is 0.836. The maximum absolute atomic E-state index is 12.6. The lowest BCUT2D eigenvalue weighted by molar-refractivity contribution is -0.138. The van der Waals surface area contributed by atoms with Gasteiger partial charge in [-0.05, 0) is 58.7 Å². The monoisotopic (exact) mass is 337 g/mol. The van der Waals surface area contributed by atoms with Crippen LogP contribution in [0.2, 0.25) is 0 Å². The largest absolute Gasteiger partial charge is 0.342 e. The van der Waals surface area contributed by atoms with Gasteiger partial charge in [0.25, 0.3) is 0 Å². The second-order valence-electron chi connectivity index (χ2n) is 6.79. The molecule has 3 rings (SSSR count). The second kappa shape index (κ2) is 8.00. The maximum Gasteiger partial charge on any atom is 0.225 e. The van der Waals surface area contributed by atoms with E-state index in [1.54, 1.807) is 0 Å². The van der Waals surface area contributed by atoms with Crippen molar-refractivity contribution in [2.45, 2.75) is 56.7 Å². The van der Waals surface area contributed by atoms with Gasteiger partial charge < -0.3 is 15.1 Å². The number of carbonyl (C=O) groups is 1. The lowest BCUT2D eigenvalue weighted by atomic mass is 9.93. The Labute approximate surface area is 140 Å². The van der Waals surface area contributed by atoms with E-state index >= 15 is 0 Å². The van der Waals surface area contributed by atoms with Crippen LogP contribution in [0.25, 0.3) is 0 Å². The number of likely N-dealkylation sites (tertiary alicyclic amines) is 1. The molecule has 0 spiro atoms. The fourth-order valence-corrected chi connectivity index (χ4v) is 4.07. The number of rotatable bonds is 2. The van der Waals surface area contributed by atoms with Gasteiger partial charge in [-0.2, -0.15) is 0 Å². The van der Waals surface area contributed by atoms with Gasteiger partial charge in [-0.25, -0.2) is 0 Å². The molecular formula is C15H29Cl2N3O. The molecule has 6 heteroatoms. The normalized spacial score (nSPS) is 33.0. The minimum absolute atomic E-state index is 0. The topological polar surface area (TPSA) is 35.6 Å². The van der Waals surface area contributed by atoms with Crippen LogP contribution in [-0.4, -0.2) is 61.0 Å². The van der Waals surface area contributed by atoms with Crippen molar-refractivity contribution in [1.82, 2.24) is 15.1 Å². The summed E-state index contributed by atoms with van der Waals surface area (Å²) in [7, 11) is 4.19. The van der Waals surface area contributed by atoms with Gasteiger partial charge >= 0.3 is 0 Å². The third-order valence-electron chi connectivity index (χ3n) is 5.41. The van der Waals surface area contributed by atoms with Crippen molar-refractivity contribution in [3.63, 3.8) is 0 Å². The number of hydrogen-bond acceptors (Lipinski definition) is 3. The summed E-state index contributed by atoms with van der Waals surface area (Å²) in [6, 6.07) is 1.80. The molecule has 3 fully saturated rings. The number of amides is 1. The number of nitrogens with zero attached hydrogens (tertiary/aromatic N) is 2. The molecule has 0 aliphatic carbocycles. The van der Waals surface area contributed by atoms with E-state index < -0.39 is 0 Å². The van der Waals surface area contributed by atoms with E-state index in [0.717, 1.165) is 38.8 Å². The minimum atomic E-state index is 0. The van der Waals surface area contributed by atoms with Crippen LogP contribution >= 0.6 is 24.8 Å². The highest BCUT2D eigenvalue weighted by Gasteiger charge is 2.37. The summed E-state index contributed by atoms with van der Waals surface area (Å²) in [5, 5.41) is 3.65. The first-order valence-corrected chi connectivity index (χ1v) is 7.84. The number of halogens is 2. The molecule has 3 aliphatic heterocycles. The van der Waals surface area contributed by atoms with Crippen LogP contribution in [0.1, 0.15) is 38.5 Å². The number of hydrogen-bond donors (Lipinski definition) is 1. The lowest BCUT2D eigenvalue weighted by Gasteiger charge is -2.38. The Morgan fingerprint density at radius 1 is 1.05 bits per heavy atom. The van der Waals surface area contributed by atoms with E-state index in [0.29, 0.717) is 24.0 Å². The van der Waals surface area contributed by atoms with Crippen molar-refractivity contribution >= 4 is 30.7 Å². The van der Waals surface area contributed by atoms with Crippen molar-refractivity contribution in [2.24, 2.45) is 5.92 Å². The Morgan fingerprint density at radius 2 is 1.57 bits per heavy atom. The highest BCUT2D eigenvalue weighted by molar-refractivity contribution is 5.85. The van der Waals surface area contributed by atoms with E-state index in [9.17, 15) is 4.79 Å². The fourth-order valence-electron chi connectivity index (χ4n) is 4.07. The SMILES string of the molecule is CN1CCC(C(=O)N(C)C2CC3CCC(C2)N3)CC1.Cl.Cl. The van der Waals surface area contributed by atoms with Crippen molar-refractivity contribution in [1.29, 1.82) is 0 Å². The minimum Gasteiger partial charge on any atom is -0.342 e. The Bertz CT molecular complexity index is 336. The Morgan fingerprint density at radius 3 is 2.10 bits per heavy atom. The van der Waals surface area contributed by atoms with E-state index in [4.69, 9.17) is 0 Å². The van der Waals surface area contributed by atoms with E-state index in [2.05, 4.69) is 22.2 Å². The Balaban J connectivity index is 0.00000110. The molecule has 3 heterocycles. The van der Waals surface area contributed by atoms with Gasteiger partial charge in [0.05, 0.1) is 0 Å². The average molecular weight is 338 g/mol. The molecule has 4 nitrogen and oxygen atoms in total. The van der Waals surface area contributed by atoms with Crippen LogP contribution < -0.4 is 5.32 Å². The third-order valence-corrected chi connectivity index (χ3v) is 5.41. The van der Waals surface area contributed by atoms with Crippen molar-refractivity contribution in [3.8, 4) is 0 Å². The molecule has 124 valence electrons. The molecule has 0 aromatic rings. The summed E-state index contributed by atoms with van der Waals surface area (Å²) in [6.07, 6.45) is 7.00. The first kappa shape index (κ1) is 19.0. The van der Waals surface area contributed by atoms with Gasteiger partial charge in [0.2, 0.25) is 5.91 Å². The molecule has 1 amide bonds. The van der Waals surface area contributed by atoms with Gasteiger partial charge in [-0.1, -0.05) is 0 Å². The van der Waals surface area contributed by atoms with E-state index in [1.165, 1.54) is 12.8 Å². The predicted octanol–water partition coefficient (Wildman–Crippen LogP) is 1.91. The van der Waals surface area contributed by atoms with Crippen LogP contribution in [0, 0.1) is 5.92 Å². The molecule has 2 bridgehead atoms. The van der Waals surface area contributed by atoms with Crippen LogP contribution in [-0.2, 0) is 4.79 Å². The molecule has 2 unspecified atom stereocenters. The molecule has 3 saturated heterocycles. The van der Waals surface area contributed by atoms with Gasteiger partial charge in [-0.3, -0.25) is 4.79 Å². The predicted molar refractivity (Wildman–Crippen MR) is 90.5 cm³/mol. The van der Waals surface area contributed by atoms with Gasteiger partial charge in [0.1, 0.15) is 0 Å². The fraction of sp³-hybridized carbons (Fsp3) is 0.933. The summed E-state index contributed by atoms with van der Waals surface area (Å²) in [6.45, 7) is 2.14. The number of fused-ring (bicyclic) bond motifs is 2. The molecule has 3 aliphatic rings. The maximum atomic E-state index is 12.6. The zero-order valence-corrected chi connectivity index (χ0v) is 14.7. The van der Waals surface area contributed by atoms with Gasteiger partial charge in [-0.15, -0.1) is 24.8 Å². The van der Waals surface area contributed by atoms with E-state index in [1.807, 2.05) is 7.05 Å². The molecular weight excluding hydrogens is 309 g/mol. The molecule has 0 radical (unpaired) electrons. The molecule has 1 N–H and O–H groups in total. The zero-order valence-electron chi connectivity index (χ0n) is 13.1. The molecule has 0 saturated carbocycles. The van der Waals surface area contributed by atoms with Crippen LogP contribution in [0.15, 0.2) is 0 Å². The van der Waals surface area contributed by atoms with Crippen molar-refractivity contribution < 1.29 is 4.79 Å². The van der Waals surface area contributed by atoms with Gasteiger partial charge in [0, 0.05) is 31.1 Å². The summed E-state index contributed by atoms with van der Waals surface area (Å²) in [4.78, 5) is 17.0. The first-order chi connectivity index (χ1) is 9.13.